The van der Waals surface area contributed by atoms with Gasteiger partial charge in [0.05, 0.1) is 5.39 Å². The largest absolute Gasteiger partial charge is 0.336 e. The molecule has 2 aromatic heterocycles. The van der Waals surface area contributed by atoms with Crippen LogP contribution in [0.4, 0.5) is 0 Å². The highest BCUT2D eigenvalue weighted by Gasteiger charge is 2.18. The van der Waals surface area contributed by atoms with Crippen LogP contribution in [0.15, 0.2) is 47.4 Å². The zero-order valence-electron chi connectivity index (χ0n) is 12.3. The van der Waals surface area contributed by atoms with E-state index in [1.165, 1.54) is 4.90 Å². The van der Waals surface area contributed by atoms with Crippen molar-refractivity contribution >= 4 is 28.3 Å². The fraction of sp³-hybridized carbons (Fsp3) is 0.125. The van der Waals surface area contributed by atoms with Crippen molar-refractivity contribution in [1.29, 1.82) is 0 Å². The van der Waals surface area contributed by atoms with Crippen molar-refractivity contribution in [3.05, 3.63) is 69.4 Å². The minimum Gasteiger partial charge on any atom is -0.336 e. The number of amides is 1. The number of pyridine rings is 1. The standard InChI is InChI=1S/C16H13ClN4O2/c1-21(9-10-6-7-13(17)18-8-10)16(23)14-11-4-2-3-5-12(11)15(22)20-19-14/h2-8H,9H2,1H3,(H,20,22). The topological polar surface area (TPSA) is 79.0 Å². The van der Waals surface area contributed by atoms with Crippen LogP contribution in [-0.4, -0.2) is 33.0 Å². The third-order valence-electron chi connectivity index (χ3n) is 3.45. The van der Waals surface area contributed by atoms with Crippen LogP contribution in [0.25, 0.3) is 10.8 Å². The summed E-state index contributed by atoms with van der Waals surface area (Å²) in [5.74, 6) is -0.285. The normalized spacial score (nSPS) is 10.7. The quantitative estimate of drug-likeness (QED) is 0.748. The van der Waals surface area contributed by atoms with E-state index in [1.807, 2.05) is 0 Å². The molecular weight excluding hydrogens is 316 g/mol. The van der Waals surface area contributed by atoms with E-state index in [-0.39, 0.29) is 17.2 Å². The molecule has 0 fully saturated rings. The predicted octanol–water partition coefficient (Wildman–Crippen LogP) is 2.24. The van der Waals surface area contributed by atoms with Crippen LogP contribution in [0.3, 0.4) is 0 Å². The van der Waals surface area contributed by atoms with Gasteiger partial charge in [0.1, 0.15) is 5.15 Å². The van der Waals surface area contributed by atoms with Crippen molar-refractivity contribution in [2.45, 2.75) is 6.54 Å². The average Bonchev–Trinajstić information content (AvgIpc) is 2.57. The lowest BCUT2D eigenvalue weighted by Gasteiger charge is -2.17. The Balaban J connectivity index is 1.92. The summed E-state index contributed by atoms with van der Waals surface area (Å²) in [7, 11) is 1.67. The number of fused-ring (bicyclic) bond motifs is 1. The molecule has 3 aromatic rings. The Bertz CT molecular complexity index is 921. The number of carbonyl (C=O) groups excluding carboxylic acids is 1. The number of H-pyrrole nitrogens is 1. The number of rotatable bonds is 3. The van der Waals surface area contributed by atoms with Crippen LogP contribution in [0.5, 0.6) is 0 Å². The first kappa shape index (κ1) is 15.2. The molecule has 0 bridgehead atoms. The highest BCUT2D eigenvalue weighted by Crippen LogP contribution is 2.15. The van der Waals surface area contributed by atoms with Crippen molar-refractivity contribution in [3.8, 4) is 0 Å². The molecule has 0 aliphatic rings. The molecule has 0 aliphatic carbocycles. The van der Waals surface area contributed by atoms with E-state index in [4.69, 9.17) is 11.6 Å². The first-order chi connectivity index (χ1) is 11.1. The van der Waals surface area contributed by atoms with Gasteiger partial charge in [0.25, 0.3) is 11.5 Å². The maximum Gasteiger partial charge on any atom is 0.274 e. The van der Waals surface area contributed by atoms with Crippen molar-refractivity contribution in [3.63, 3.8) is 0 Å². The molecule has 0 aliphatic heterocycles. The molecule has 3 rings (SSSR count). The molecule has 0 unspecified atom stereocenters. The summed E-state index contributed by atoms with van der Waals surface area (Å²) in [4.78, 5) is 29.9. The van der Waals surface area contributed by atoms with Gasteiger partial charge in [-0.05, 0) is 17.7 Å². The summed E-state index contributed by atoms with van der Waals surface area (Å²) < 4.78 is 0. The second-order valence-corrected chi connectivity index (χ2v) is 5.48. The van der Waals surface area contributed by atoms with E-state index in [1.54, 1.807) is 49.6 Å². The van der Waals surface area contributed by atoms with Gasteiger partial charge in [-0.3, -0.25) is 9.59 Å². The van der Waals surface area contributed by atoms with Gasteiger partial charge in [0, 0.05) is 25.2 Å². The van der Waals surface area contributed by atoms with E-state index in [0.717, 1.165) is 5.56 Å². The Morgan fingerprint density at radius 3 is 2.65 bits per heavy atom. The lowest BCUT2D eigenvalue weighted by molar-refractivity contribution is 0.0780. The lowest BCUT2D eigenvalue weighted by atomic mass is 10.1. The minimum absolute atomic E-state index is 0.213. The molecule has 1 N–H and O–H groups in total. The Kier molecular flexibility index (Phi) is 4.08. The number of hydrogen-bond donors (Lipinski definition) is 1. The number of aromatic nitrogens is 3. The first-order valence-electron chi connectivity index (χ1n) is 6.89. The summed E-state index contributed by atoms with van der Waals surface area (Å²) in [6, 6.07) is 10.4. The summed E-state index contributed by atoms with van der Waals surface area (Å²) in [6.45, 7) is 0.359. The monoisotopic (exact) mass is 328 g/mol. The number of carbonyl (C=O) groups is 1. The second kappa shape index (κ2) is 6.18. The van der Waals surface area contributed by atoms with Crippen LogP contribution in [-0.2, 0) is 6.54 Å². The number of nitrogens with zero attached hydrogens (tertiary/aromatic N) is 3. The van der Waals surface area contributed by atoms with Crippen molar-refractivity contribution in [1.82, 2.24) is 20.1 Å². The summed E-state index contributed by atoms with van der Waals surface area (Å²) >= 11 is 5.75. The zero-order chi connectivity index (χ0) is 16.4. The highest BCUT2D eigenvalue weighted by molar-refractivity contribution is 6.29. The first-order valence-corrected chi connectivity index (χ1v) is 7.27. The molecule has 7 heteroatoms. The van der Waals surface area contributed by atoms with Gasteiger partial charge in [-0.25, -0.2) is 10.1 Å². The third kappa shape index (κ3) is 3.07. The van der Waals surface area contributed by atoms with Gasteiger partial charge in [-0.15, -0.1) is 0 Å². The molecule has 1 aromatic carbocycles. The highest BCUT2D eigenvalue weighted by atomic mass is 35.5. The fourth-order valence-corrected chi connectivity index (χ4v) is 2.42. The molecule has 23 heavy (non-hydrogen) atoms. The van der Waals surface area contributed by atoms with Crippen LogP contribution >= 0.6 is 11.6 Å². The maximum atomic E-state index is 12.6. The predicted molar refractivity (Wildman–Crippen MR) is 87.4 cm³/mol. The summed E-state index contributed by atoms with van der Waals surface area (Å²) in [5, 5.41) is 7.65. The van der Waals surface area contributed by atoms with Gasteiger partial charge in [-0.2, -0.15) is 5.10 Å². The molecule has 0 spiro atoms. The van der Waals surface area contributed by atoms with Gasteiger partial charge >= 0.3 is 0 Å². The van der Waals surface area contributed by atoms with Crippen molar-refractivity contribution in [2.24, 2.45) is 0 Å². The molecule has 0 radical (unpaired) electrons. The molecule has 0 atom stereocenters. The Morgan fingerprint density at radius 1 is 1.22 bits per heavy atom. The fourth-order valence-electron chi connectivity index (χ4n) is 2.30. The van der Waals surface area contributed by atoms with Crippen LogP contribution < -0.4 is 5.56 Å². The molecule has 0 saturated carbocycles. The molecule has 2 heterocycles. The number of benzene rings is 1. The Morgan fingerprint density at radius 2 is 1.96 bits per heavy atom. The van der Waals surface area contributed by atoms with Crippen LogP contribution in [0.1, 0.15) is 16.1 Å². The van der Waals surface area contributed by atoms with Crippen molar-refractivity contribution in [2.75, 3.05) is 7.05 Å². The number of aromatic amines is 1. The summed E-state index contributed by atoms with van der Waals surface area (Å²) in [5.41, 5.74) is 0.741. The zero-order valence-corrected chi connectivity index (χ0v) is 13.0. The Hall–Kier alpha value is -2.73. The van der Waals surface area contributed by atoms with Crippen molar-refractivity contribution < 1.29 is 4.79 Å². The lowest BCUT2D eigenvalue weighted by Crippen LogP contribution is -2.28. The molecule has 116 valence electrons. The number of nitrogens with one attached hydrogen (secondary N) is 1. The Labute approximate surface area is 136 Å². The minimum atomic E-state index is -0.318. The molecular formula is C16H13ClN4O2. The molecule has 0 saturated heterocycles. The van der Waals surface area contributed by atoms with E-state index >= 15 is 0 Å². The van der Waals surface area contributed by atoms with Gasteiger partial charge in [0.15, 0.2) is 5.69 Å². The number of halogens is 1. The SMILES string of the molecule is CN(Cc1ccc(Cl)nc1)C(=O)c1n[nH]c(=O)c2ccccc12. The van der Waals surface area contributed by atoms with E-state index < -0.39 is 0 Å². The third-order valence-corrected chi connectivity index (χ3v) is 3.68. The second-order valence-electron chi connectivity index (χ2n) is 5.10. The van der Waals surface area contributed by atoms with Gasteiger partial charge in [0.2, 0.25) is 0 Å². The van der Waals surface area contributed by atoms with Crippen LogP contribution in [0, 0.1) is 0 Å². The molecule has 6 nitrogen and oxygen atoms in total. The van der Waals surface area contributed by atoms with Gasteiger partial charge in [-0.1, -0.05) is 35.9 Å². The van der Waals surface area contributed by atoms with E-state index in [9.17, 15) is 9.59 Å². The van der Waals surface area contributed by atoms with E-state index in [0.29, 0.717) is 22.5 Å². The number of hydrogen-bond acceptors (Lipinski definition) is 4. The summed E-state index contributed by atoms with van der Waals surface area (Å²) in [6.07, 6.45) is 1.62. The van der Waals surface area contributed by atoms with Gasteiger partial charge < -0.3 is 4.90 Å². The maximum absolute atomic E-state index is 12.6. The van der Waals surface area contributed by atoms with Crippen LogP contribution in [0.2, 0.25) is 5.15 Å². The molecule has 1 amide bonds. The smallest absolute Gasteiger partial charge is 0.274 e. The van der Waals surface area contributed by atoms with E-state index in [2.05, 4.69) is 15.2 Å². The average molecular weight is 329 g/mol.